The highest BCUT2D eigenvalue weighted by atomic mass is 32.1. The molecule has 0 amide bonds. The van der Waals surface area contributed by atoms with Crippen molar-refractivity contribution in [1.82, 2.24) is 4.98 Å². The van der Waals surface area contributed by atoms with Crippen LogP contribution in [0.25, 0.3) is 31.9 Å². The molecular formula is C42H50N2OS. The molecular weight excluding hydrogens is 581 g/mol. The largest absolute Gasteiger partial charge is 0.507 e. The molecule has 46 heavy (non-hydrogen) atoms. The van der Waals surface area contributed by atoms with E-state index in [0.717, 1.165) is 38.5 Å². The average Bonchev–Trinajstić information content (AvgIpc) is 3.38. The van der Waals surface area contributed by atoms with Crippen molar-refractivity contribution in [1.29, 1.82) is 0 Å². The third-order valence-corrected chi connectivity index (χ3v) is 9.75. The summed E-state index contributed by atoms with van der Waals surface area (Å²) in [4.78, 5) is 10.3. The van der Waals surface area contributed by atoms with Crippen LogP contribution in [0, 0.1) is 0 Å². The molecule has 0 saturated heterocycles. The fourth-order valence-electron chi connectivity index (χ4n) is 5.61. The molecule has 0 atom stereocenters. The van der Waals surface area contributed by atoms with Gasteiger partial charge >= 0.3 is 0 Å². The van der Waals surface area contributed by atoms with E-state index in [1.165, 1.54) is 27.0 Å². The maximum atomic E-state index is 11.4. The summed E-state index contributed by atoms with van der Waals surface area (Å²) in [5, 5.41) is 12.3. The number of para-hydroxylation sites is 1. The van der Waals surface area contributed by atoms with Gasteiger partial charge in [0.25, 0.3) is 0 Å². The highest BCUT2D eigenvalue weighted by Crippen LogP contribution is 2.42. The number of aromatic hydroxyl groups is 1. The first kappa shape index (κ1) is 33.6. The lowest BCUT2D eigenvalue weighted by molar-refractivity contribution is 0.444. The molecule has 0 aliphatic heterocycles. The summed E-state index contributed by atoms with van der Waals surface area (Å²) in [6, 6.07) is 26.0. The zero-order chi connectivity index (χ0) is 33.8. The van der Waals surface area contributed by atoms with Gasteiger partial charge < -0.3 is 5.11 Å². The average molecular weight is 631 g/mol. The fourth-order valence-corrected chi connectivity index (χ4v) is 6.68. The van der Waals surface area contributed by atoms with Gasteiger partial charge in [-0.25, -0.2) is 4.98 Å². The molecule has 0 aliphatic carbocycles. The molecule has 0 spiro atoms. The Labute approximate surface area is 280 Å². The summed E-state index contributed by atoms with van der Waals surface area (Å²) >= 11 is 1.71. The van der Waals surface area contributed by atoms with E-state index in [1.54, 1.807) is 11.3 Å². The van der Waals surface area contributed by atoms with Crippen LogP contribution in [0.2, 0.25) is 0 Å². The molecule has 5 rings (SSSR count). The van der Waals surface area contributed by atoms with Crippen LogP contribution in [-0.2, 0) is 21.7 Å². The molecule has 0 saturated carbocycles. The standard InChI is InChI=1S/C42H50N2OS/c1-39(2,3)28-19-17-26(18-20-28)32-22-30(41(7,8)9)24-35-36(32)44-38(46-35)31-15-13-14-16-34(31)43-25-27-21-29(40(4,5)6)23-33(37(27)45)42(10,11)12/h13-25,45H,1-12H3. The van der Waals surface area contributed by atoms with Crippen molar-refractivity contribution in [3.63, 3.8) is 0 Å². The van der Waals surface area contributed by atoms with Gasteiger partial charge in [-0.3, -0.25) is 4.99 Å². The van der Waals surface area contributed by atoms with Crippen LogP contribution in [-0.4, -0.2) is 16.3 Å². The maximum absolute atomic E-state index is 11.4. The zero-order valence-electron chi connectivity index (χ0n) is 29.8. The highest BCUT2D eigenvalue weighted by Gasteiger charge is 2.25. The molecule has 4 aromatic carbocycles. The van der Waals surface area contributed by atoms with Crippen LogP contribution in [0.15, 0.2) is 77.8 Å². The van der Waals surface area contributed by atoms with Gasteiger partial charge in [0.15, 0.2) is 0 Å². The Hall–Kier alpha value is -3.76. The van der Waals surface area contributed by atoms with E-state index < -0.39 is 0 Å². The van der Waals surface area contributed by atoms with Crippen molar-refractivity contribution in [2.75, 3.05) is 0 Å². The highest BCUT2D eigenvalue weighted by molar-refractivity contribution is 7.21. The number of aliphatic imine (C=N–C) groups is 1. The number of fused-ring (bicyclic) bond motifs is 1. The molecule has 1 aromatic heterocycles. The normalized spacial score (nSPS) is 13.2. The monoisotopic (exact) mass is 630 g/mol. The predicted molar refractivity (Wildman–Crippen MR) is 201 cm³/mol. The number of hydrogen-bond acceptors (Lipinski definition) is 4. The van der Waals surface area contributed by atoms with Crippen molar-refractivity contribution in [3.8, 4) is 27.4 Å². The lowest BCUT2D eigenvalue weighted by Gasteiger charge is -2.27. The number of aromatic nitrogens is 1. The molecule has 240 valence electrons. The molecule has 4 heteroatoms. The molecule has 1 heterocycles. The van der Waals surface area contributed by atoms with Gasteiger partial charge in [0.05, 0.1) is 15.9 Å². The van der Waals surface area contributed by atoms with Crippen molar-refractivity contribution >= 4 is 33.5 Å². The van der Waals surface area contributed by atoms with Crippen LogP contribution >= 0.6 is 11.3 Å². The molecule has 0 aliphatic rings. The van der Waals surface area contributed by atoms with Gasteiger partial charge in [-0.2, -0.15) is 0 Å². The summed E-state index contributed by atoms with van der Waals surface area (Å²) in [7, 11) is 0. The zero-order valence-corrected chi connectivity index (χ0v) is 30.6. The Balaban J connectivity index is 1.64. The van der Waals surface area contributed by atoms with Gasteiger partial charge in [-0.1, -0.05) is 126 Å². The second-order valence-corrected chi connectivity index (χ2v) is 17.7. The lowest BCUT2D eigenvalue weighted by atomic mass is 9.79. The summed E-state index contributed by atoms with van der Waals surface area (Å²) in [6.07, 6.45) is 1.81. The van der Waals surface area contributed by atoms with Crippen LogP contribution < -0.4 is 0 Å². The number of rotatable bonds is 4. The van der Waals surface area contributed by atoms with E-state index >= 15 is 0 Å². The van der Waals surface area contributed by atoms with Crippen molar-refractivity contribution < 1.29 is 5.11 Å². The predicted octanol–water partition coefficient (Wildman–Crippen LogP) is 12.3. The second-order valence-electron chi connectivity index (χ2n) is 16.7. The first-order chi connectivity index (χ1) is 21.2. The number of phenolic OH excluding ortho intramolecular Hbond substituents is 1. The van der Waals surface area contributed by atoms with E-state index in [9.17, 15) is 5.11 Å². The minimum absolute atomic E-state index is 0.00382. The van der Waals surface area contributed by atoms with Crippen molar-refractivity contribution in [3.05, 3.63) is 101 Å². The minimum Gasteiger partial charge on any atom is -0.507 e. The molecule has 0 radical (unpaired) electrons. The molecule has 0 fully saturated rings. The quantitative estimate of drug-likeness (QED) is 0.201. The second kappa shape index (κ2) is 11.8. The summed E-state index contributed by atoms with van der Waals surface area (Å²) < 4.78 is 1.17. The van der Waals surface area contributed by atoms with Crippen molar-refractivity contribution in [2.24, 2.45) is 4.99 Å². The Bertz CT molecular complexity index is 1920. The van der Waals surface area contributed by atoms with Gasteiger partial charge in [0.1, 0.15) is 10.8 Å². The van der Waals surface area contributed by atoms with Crippen LogP contribution in [0.5, 0.6) is 5.75 Å². The molecule has 3 nitrogen and oxygen atoms in total. The molecule has 5 aromatic rings. The van der Waals surface area contributed by atoms with Crippen molar-refractivity contribution in [2.45, 2.75) is 105 Å². The Morgan fingerprint density at radius 3 is 1.80 bits per heavy atom. The summed E-state index contributed by atoms with van der Waals surface area (Å²) in [6.45, 7) is 26.6. The first-order valence-corrected chi connectivity index (χ1v) is 17.1. The summed E-state index contributed by atoms with van der Waals surface area (Å²) in [5.74, 6) is 0.290. The van der Waals surface area contributed by atoms with Crippen LogP contribution in [0.1, 0.15) is 111 Å². The molecule has 0 unspecified atom stereocenters. The lowest BCUT2D eigenvalue weighted by Crippen LogP contribution is -2.17. The van der Waals surface area contributed by atoms with E-state index in [1.807, 2.05) is 24.4 Å². The van der Waals surface area contributed by atoms with Gasteiger partial charge in [0, 0.05) is 28.5 Å². The first-order valence-electron chi connectivity index (χ1n) is 16.3. The number of nitrogens with zero attached hydrogens (tertiary/aromatic N) is 2. The third kappa shape index (κ3) is 6.98. The Morgan fingerprint density at radius 1 is 0.630 bits per heavy atom. The number of benzene rings is 4. The van der Waals surface area contributed by atoms with E-state index in [-0.39, 0.29) is 21.7 Å². The fraction of sp³-hybridized carbons (Fsp3) is 0.381. The van der Waals surface area contributed by atoms with Gasteiger partial charge in [-0.15, -0.1) is 11.3 Å². The van der Waals surface area contributed by atoms with Gasteiger partial charge in [-0.05, 0) is 74.2 Å². The molecule has 1 N–H and O–H groups in total. The third-order valence-electron chi connectivity index (χ3n) is 8.71. The Morgan fingerprint density at radius 2 is 1.22 bits per heavy atom. The maximum Gasteiger partial charge on any atom is 0.128 e. The van der Waals surface area contributed by atoms with Gasteiger partial charge in [0.2, 0.25) is 0 Å². The molecule has 0 bridgehead atoms. The number of phenols is 1. The number of thiazole rings is 1. The minimum atomic E-state index is -0.205. The van der Waals surface area contributed by atoms with E-state index in [4.69, 9.17) is 9.98 Å². The van der Waals surface area contributed by atoms with E-state index in [0.29, 0.717) is 5.75 Å². The topological polar surface area (TPSA) is 45.5 Å². The smallest absolute Gasteiger partial charge is 0.128 e. The Kier molecular flexibility index (Phi) is 8.62. The van der Waals surface area contributed by atoms with E-state index in [2.05, 4.69) is 138 Å². The summed E-state index contributed by atoms with van der Waals surface area (Å²) in [5.41, 5.74) is 10.4. The van der Waals surface area contributed by atoms with Crippen LogP contribution in [0.3, 0.4) is 0 Å². The number of hydrogen-bond donors (Lipinski definition) is 1. The SMILES string of the molecule is CC(C)(C)c1ccc(-c2cc(C(C)(C)C)cc3sc(-c4ccccc4N=Cc4cc(C(C)(C)C)cc(C(C)(C)C)c4O)nc23)cc1. The van der Waals surface area contributed by atoms with Crippen LogP contribution in [0.4, 0.5) is 5.69 Å².